The Kier molecular flexibility index (Phi) is 4.18. The second-order valence-electron chi connectivity index (χ2n) is 4.67. The first-order valence-electron chi connectivity index (χ1n) is 6.29. The largest absolute Gasteiger partial charge is 0.454 e. The summed E-state index contributed by atoms with van der Waals surface area (Å²) in [5.74, 6) is -0.499. The molecule has 1 atom stereocenters. The van der Waals surface area contributed by atoms with Gasteiger partial charge in [-0.15, -0.1) is 0 Å². The van der Waals surface area contributed by atoms with Crippen molar-refractivity contribution < 1.29 is 19.2 Å². The minimum Gasteiger partial charge on any atom is -0.454 e. The zero-order valence-corrected chi connectivity index (χ0v) is 11.5. The first-order valence-corrected chi connectivity index (χ1v) is 6.29. The molecular weight excluding hydrogens is 277 g/mol. The molecule has 0 amide bonds. The summed E-state index contributed by atoms with van der Waals surface area (Å²) >= 11 is 0. The Balaban J connectivity index is 2.27. The Bertz CT molecular complexity index is 668. The molecular formula is C15H14FNO4. The number of hydrogen-bond acceptors (Lipinski definition) is 4. The average molecular weight is 291 g/mol. The lowest BCUT2D eigenvalue weighted by molar-refractivity contribution is -0.385. The molecule has 0 aliphatic heterocycles. The summed E-state index contributed by atoms with van der Waals surface area (Å²) in [5.41, 5.74) is 0.740. The quantitative estimate of drug-likeness (QED) is 0.685. The number of nitrogens with zero attached hydrogens (tertiary/aromatic N) is 1. The number of nitro groups is 1. The van der Waals surface area contributed by atoms with Crippen LogP contribution < -0.4 is 4.74 Å². The molecule has 0 spiro atoms. The molecule has 6 heteroatoms. The number of benzene rings is 2. The normalized spacial score (nSPS) is 12.0. The number of ether oxygens (including phenoxy) is 1. The van der Waals surface area contributed by atoms with E-state index in [-0.39, 0.29) is 11.4 Å². The van der Waals surface area contributed by atoms with Gasteiger partial charge in [-0.3, -0.25) is 10.1 Å². The smallest absolute Gasteiger partial charge is 0.275 e. The van der Waals surface area contributed by atoms with E-state index in [4.69, 9.17) is 4.74 Å². The van der Waals surface area contributed by atoms with Crippen LogP contribution in [0.3, 0.4) is 0 Å². The van der Waals surface area contributed by atoms with Gasteiger partial charge in [0.15, 0.2) is 11.6 Å². The maximum absolute atomic E-state index is 13.8. The number of halogens is 1. The number of nitro benzene ring substituents is 1. The van der Waals surface area contributed by atoms with Crippen molar-refractivity contribution in [1.82, 2.24) is 0 Å². The van der Waals surface area contributed by atoms with Crippen molar-refractivity contribution in [3.63, 3.8) is 0 Å². The molecule has 0 aliphatic rings. The highest BCUT2D eigenvalue weighted by atomic mass is 19.1. The lowest BCUT2D eigenvalue weighted by Gasteiger charge is -2.09. The van der Waals surface area contributed by atoms with Gasteiger partial charge in [-0.25, -0.2) is 4.39 Å². The number of aryl methyl sites for hydroxylation is 1. The van der Waals surface area contributed by atoms with Crippen LogP contribution in [-0.4, -0.2) is 10.0 Å². The molecule has 5 nitrogen and oxygen atoms in total. The lowest BCUT2D eigenvalue weighted by Crippen LogP contribution is -1.96. The molecule has 21 heavy (non-hydrogen) atoms. The van der Waals surface area contributed by atoms with Crippen LogP contribution in [0.4, 0.5) is 10.1 Å². The molecule has 0 bridgehead atoms. The van der Waals surface area contributed by atoms with Gasteiger partial charge < -0.3 is 9.84 Å². The van der Waals surface area contributed by atoms with Crippen LogP contribution in [0.25, 0.3) is 0 Å². The molecule has 2 rings (SSSR count). The maximum Gasteiger partial charge on any atom is 0.275 e. The van der Waals surface area contributed by atoms with Gasteiger partial charge in [-0.2, -0.15) is 0 Å². The van der Waals surface area contributed by atoms with Gasteiger partial charge in [0.25, 0.3) is 5.69 Å². The SMILES string of the molecule is Cc1cc(Oc2ccc([C@H](C)O)cc2)c(F)cc1[N+](=O)[O-]. The van der Waals surface area contributed by atoms with Crippen molar-refractivity contribution in [2.75, 3.05) is 0 Å². The minimum atomic E-state index is -0.799. The van der Waals surface area contributed by atoms with Crippen LogP contribution in [0.2, 0.25) is 0 Å². The highest BCUT2D eigenvalue weighted by molar-refractivity contribution is 5.46. The Hall–Kier alpha value is -2.47. The Morgan fingerprint density at radius 3 is 2.43 bits per heavy atom. The van der Waals surface area contributed by atoms with Gasteiger partial charge in [0.05, 0.1) is 17.1 Å². The van der Waals surface area contributed by atoms with E-state index in [1.54, 1.807) is 31.2 Å². The number of aliphatic hydroxyl groups excluding tert-OH is 1. The predicted octanol–water partition coefficient (Wildman–Crippen LogP) is 3.89. The van der Waals surface area contributed by atoms with Crippen molar-refractivity contribution in [3.8, 4) is 11.5 Å². The summed E-state index contributed by atoms with van der Waals surface area (Å²) in [5, 5.41) is 20.1. The molecule has 1 N–H and O–H groups in total. The lowest BCUT2D eigenvalue weighted by atomic mass is 10.1. The standard InChI is InChI=1S/C15H14FNO4/c1-9-7-15(13(16)8-14(9)17(19)20)21-12-5-3-11(4-6-12)10(2)18/h3-8,10,18H,1-2H3/t10-/m0/s1. The summed E-state index contributed by atoms with van der Waals surface area (Å²) in [7, 11) is 0. The Morgan fingerprint density at radius 2 is 1.90 bits per heavy atom. The molecule has 0 aliphatic carbocycles. The molecule has 0 fully saturated rings. The summed E-state index contributed by atoms with van der Waals surface area (Å²) in [6.07, 6.45) is -0.600. The van der Waals surface area contributed by atoms with E-state index in [1.807, 2.05) is 0 Å². The fourth-order valence-corrected chi connectivity index (χ4v) is 1.86. The van der Waals surface area contributed by atoms with Crippen molar-refractivity contribution in [2.45, 2.75) is 20.0 Å². The number of rotatable bonds is 4. The molecule has 0 heterocycles. The van der Waals surface area contributed by atoms with E-state index in [0.717, 1.165) is 6.07 Å². The van der Waals surface area contributed by atoms with Crippen molar-refractivity contribution >= 4 is 5.69 Å². The van der Waals surface area contributed by atoms with Crippen LogP contribution >= 0.6 is 0 Å². The summed E-state index contributed by atoms with van der Waals surface area (Å²) < 4.78 is 19.2. The van der Waals surface area contributed by atoms with Gasteiger partial charge in [0.1, 0.15) is 5.75 Å². The van der Waals surface area contributed by atoms with Crippen molar-refractivity contribution in [1.29, 1.82) is 0 Å². The van der Waals surface area contributed by atoms with Crippen LogP contribution in [0.1, 0.15) is 24.2 Å². The molecule has 2 aromatic rings. The minimum absolute atomic E-state index is 0.0807. The van der Waals surface area contributed by atoms with Crippen LogP contribution in [0, 0.1) is 22.9 Å². The third kappa shape index (κ3) is 3.35. The topological polar surface area (TPSA) is 72.6 Å². The van der Waals surface area contributed by atoms with E-state index < -0.39 is 16.8 Å². The molecule has 110 valence electrons. The third-order valence-electron chi connectivity index (χ3n) is 3.04. The molecule has 0 radical (unpaired) electrons. The van der Waals surface area contributed by atoms with E-state index in [9.17, 15) is 19.6 Å². The second kappa shape index (κ2) is 5.88. The first-order chi connectivity index (χ1) is 9.88. The molecule has 0 unspecified atom stereocenters. The van der Waals surface area contributed by atoms with Gasteiger partial charge in [0, 0.05) is 5.56 Å². The fourth-order valence-electron chi connectivity index (χ4n) is 1.86. The monoisotopic (exact) mass is 291 g/mol. The zero-order valence-electron chi connectivity index (χ0n) is 11.5. The highest BCUT2D eigenvalue weighted by Gasteiger charge is 2.16. The van der Waals surface area contributed by atoms with Crippen molar-refractivity contribution in [3.05, 3.63) is 63.5 Å². The van der Waals surface area contributed by atoms with Crippen LogP contribution in [0.15, 0.2) is 36.4 Å². The van der Waals surface area contributed by atoms with Crippen molar-refractivity contribution in [2.24, 2.45) is 0 Å². The van der Waals surface area contributed by atoms with E-state index >= 15 is 0 Å². The van der Waals surface area contributed by atoms with E-state index in [0.29, 0.717) is 16.9 Å². The molecule has 0 aromatic heterocycles. The predicted molar refractivity (Wildman–Crippen MR) is 74.9 cm³/mol. The number of hydrogen-bond donors (Lipinski definition) is 1. The summed E-state index contributed by atoms with van der Waals surface area (Å²) in [6, 6.07) is 8.65. The molecule has 0 saturated carbocycles. The third-order valence-corrected chi connectivity index (χ3v) is 3.04. The average Bonchev–Trinajstić information content (AvgIpc) is 2.42. The first kappa shape index (κ1) is 14.9. The number of aliphatic hydroxyl groups is 1. The Morgan fingerprint density at radius 1 is 1.29 bits per heavy atom. The fraction of sp³-hybridized carbons (Fsp3) is 0.200. The van der Waals surface area contributed by atoms with E-state index in [1.165, 1.54) is 13.0 Å². The van der Waals surface area contributed by atoms with Crippen LogP contribution in [0.5, 0.6) is 11.5 Å². The molecule has 2 aromatic carbocycles. The Labute approximate surface area is 120 Å². The highest BCUT2D eigenvalue weighted by Crippen LogP contribution is 2.30. The van der Waals surface area contributed by atoms with Gasteiger partial charge in [0.2, 0.25) is 0 Å². The van der Waals surface area contributed by atoms with Gasteiger partial charge in [-0.05, 0) is 37.6 Å². The second-order valence-corrected chi connectivity index (χ2v) is 4.67. The van der Waals surface area contributed by atoms with E-state index in [2.05, 4.69) is 0 Å². The molecule has 0 saturated heterocycles. The van der Waals surface area contributed by atoms with Crippen LogP contribution in [-0.2, 0) is 0 Å². The summed E-state index contributed by atoms with van der Waals surface area (Å²) in [6.45, 7) is 3.15. The summed E-state index contributed by atoms with van der Waals surface area (Å²) in [4.78, 5) is 10.1. The van der Waals surface area contributed by atoms with Gasteiger partial charge in [-0.1, -0.05) is 12.1 Å². The van der Waals surface area contributed by atoms with Gasteiger partial charge >= 0.3 is 0 Å². The maximum atomic E-state index is 13.8. The zero-order chi connectivity index (χ0) is 15.6.